The van der Waals surface area contributed by atoms with Crippen molar-refractivity contribution in [2.75, 3.05) is 13.1 Å². The van der Waals surface area contributed by atoms with E-state index >= 15 is 0 Å². The van der Waals surface area contributed by atoms with Crippen LogP contribution in [0.2, 0.25) is 0 Å². The first-order chi connectivity index (χ1) is 23.1. The number of carboxylic acids is 2. The van der Waals surface area contributed by atoms with Crippen molar-refractivity contribution in [1.29, 1.82) is 0 Å². The number of amides is 1. The molecular formula is C38H69NO9. The highest BCUT2D eigenvalue weighted by atomic mass is 16.6. The van der Waals surface area contributed by atoms with Crippen molar-refractivity contribution in [2.24, 2.45) is 0 Å². The molecule has 0 bridgehead atoms. The van der Waals surface area contributed by atoms with Crippen LogP contribution in [0.25, 0.3) is 0 Å². The van der Waals surface area contributed by atoms with E-state index in [0.717, 1.165) is 103 Å². The average molecular weight is 684 g/mol. The summed E-state index contributed by atoms with van der Waals surface area (Å²) in [6.07, 6.45) is 18.4. The molecule has 0 radical (unpaired) electrons. The largest absolute Gasteiger partial charge is 0.481 e. The molecule has 0 spiro atoms. The molecule has 0 aromatic carbocycles. The lowest BCUT2D eigenvalue weighted by Gasteiger charge is -2.27. The number of carbonyl (C=O) groups excluding carboxylic acids is 3. The molecule has 2 unspecified atom stereocenters. The zero-order valence-corrected chi connectivity index (χ0v) is 30.7. The van der Waals surface area contributed by atoms with E-state index in [2.05, 4.69) is 25.7 Å². The van der Waals surface area contributed by atoms with Crippen molar-refractivity contribution >= 4 is 29.8 Å². The summed E-state index contributed by atoms with van der Waals surface area (Å²) >= 11 is 0. The van der Waals surface area contributed by atoms with E-state index in [1.165, 1.54) is 25.7 Å². The summed E-state index contributed by atoms with van der Waals surface area (Å²) in [5, 5.41) is 18.0. The molecule has 0 aliphatic heterocycles. The van der Waals surface area contributed by atoms with Crippen molar-refractivity contribution in [3.63, 3.8) is 0 Å². The summed E-state index contributed by atoms with van der Waals surface area (Å²) in [6, 6.07) is 0. The standard InChI is InChI=1S/C38H69NO9/c1-4-7-10-13-15-18-23-32(47-37(45)28-26-35(41)42)33(48-38(46)29-27-36(43)44)24-19-16-14-17-20-25-34(40)39(30-21-11-8-5-2)31-22-12-9-6-3/h32-33H,4-31H2,1-3H3,(H,41,42)(H,43,44). The Morgan fingerprint density at radius 2 is 0.812 bits per heavy atom. The van der Waals surface area contributed by atoms with Gasteiger partial charge in [-0.05, 0) is 44.9 Å². The van der Waals surface area contributed by atoms with Gasteiger partial charge in [0.2, 0.25) is 5.91 Å². The summed E-state index contributed by atoms with van der Waals surface area (Å²) in [6.45, 7) is 8.22. The minimum Gasteiger partial charge on any atom is -0.481 e. The van der Waals surface area contributed by atoms with Crippen molar-refractivity contribution in [1.82, 2.24) is 4.90 Å². The normalized spacial score (nSPS) is 12.3. The van der Waals surface area contributed by atoms with Crippen LogP contribution < -0.4 is 0 Å². The van der Waals surface area contributed by atoms with E-state index < -0.39 is 36.1 Å². The van der Waals surface area contributed by atoms with Crippen LogP contribution in [0.4, 0.5) is 0 Å². The maximum atomic E-state index is 13.0. The van der Waals surface area contributed by atoms with Crippen LogP contribution in [-0.4, -0.2) is 70.2 Å². The molecule has 0 aliphatic rings. The van der Waals surface area contributed by atoms with Gasteiger partial charge in [0, 0.05) is 19.5 Å². The summed E-state index contributed by atoms with van der Waals surface area (Å²) in [5.74, 6) is -3.23. The number of hydrogen-bond donors (Lipinski definition) is 2. The number of rotatable bonds is 34. The van der Waals surface area contributed by atoms with E-state index in [1.54, 1.807) is 0 Å². The highest BCUT2D eigenvalue weighted by molar-refractivity contribution is 5.77. The van der Waals surface area contributed by atoms with E-state index in [1.807, 2.05) is 0 Å². The van der Waals surface area contributed by atoms with Gasteiger partial charge in [-0.2, -0.15) is 0 Å². The zero-order chi connectivity index (χ0) is 35.8. The van der Waals surface area contributed by atoms with Gasteiger partial charge in [-0.3, -0.25) is 24.0 Å². The maximum absolute atomic E-state index is 13.0. The lowest BCUT2D eigenvalue weighted by atomic mass is 9.99. The van der Waals surface area contributed by atoms with Crippen molar-refractivity contribution in [2.45, 2.75) is 200 Å². The molecule has 0 rings (SSSR count). The fraction of sp³-hybridized carbons (Fsp3) is 0.868. The zero-order valence-electron chi connectivity index (χ0n) is 30.7. The quantitative estimate of drug-likeness (QED) is 0.0501. The second-order valence-corrected chi connectivity index (χ2v) is 13.2. The van der Waals surface area contributed by atoms with Gasteiger partial charge in [-0.1, -0.05) is 111 Å². The molecule has 0 saturated carbocycles. The number of unbranched alkanes of at least 4 members (excludes halogenated alkanes) is 15. The van der Waals surface area contributed by atoms with Gasteiger partial charge in [0.05, 0.1) is 25.7 Å². The number of nitrogens with zero attached hydrogens (tertiary/aromatic N) is 1. The smallest absolute Gasteiger partial charge is 0.306 e. The van der Waals surface area contributed by atoms with Gasteiger partial charge in [0.25, 0.3) is 0 Å². The van der Waals surface area contributed by atoms with Crippen molar-refractivity contribution in [3.05, 3.63) is 0 Å². The lowest BCUT2D eigenvalue weighted by Crippen LogP contribution is -2.35. The van der Waals surface area contributed by atoms with Crippen molar-refractivity contribution < 1.29 is 43.7 Å². The Labute approximate surface area is 291 Å². The molecule has 0 aromatic heterocycles. The Morgan fingerprint density at radius 3 is 1.21 bits per heavy atom. The van der Waals surface area contributed by atoms with E-state index in [9.17, 15) is 24.0 Å². The van der Waals surface area contributed by atoms with Crippen LogP contribution in [-0.2, 0) is 33.4 Å². The monoisotopic (exact) mass is 683 g/mol. The SMILES string of the molecule is CCCCCCCCC(OC(=O)CCC(=O)O)C(CCCCCCCC(=O)N(CCCCCC)CCCCCC)OC(=O)CCC(=O)O. The highest BCUT2D eigenvalue weighted by Gasteiger charge is 2.28. The van der Waals surface area contributed by atoms with Crippen LogP contribution in [0.3, 0.4) is 0 Å². The third-order valence-corrected chi connectivity index (χ3v) is 8.70. The van der Waals surface area contributed by atoms with E-state index in [4.69, 9.17) is 19.7 Å². The number of carboxylic acid groups (broad SMARTS) is 2. The lowest BCUT2D eigenvalue weighted by molar-refractivity contribution is -0.170. The second kappa shape index (κ2) is 31.6. The Morgan fingerprint density at radius 1 is 0.458 bits per heavy atom. The Hall–Kier alpha value is -2.65. The van der Waals surface area contributed by atoms with E-state index in [-0.39, 0.29) is 31.6 Å². The molecule has 0 saturated heterocycles. The molecule has 2 atom stereocenters. The number of hydrogen-bond acceptors (Lipinski definition) is 7. The third-order valence-electron chi connectivity index (χ3n) is 8.70. The van der Waals surface area contributed by atoms with Gasteiger partial charge in [-0.25, -0.2) is 0 Å². The van der Waals surface area contributed by atoms with Crippen molar-refractivity contribution in [3.8, 4) is 0 Å². The topological polar surface area (TPSA) is 148 Å². The molecule has 0 aromatic rings. The van der Waals surface area contributed by atoms with Gasteiger partial charge in [0.15, 0.2) is 0 Å². The third kappa shape index (κ3) is 27.3. The molecule has 0 heterocycles. The summed E-state index contributed by atoms with van der Waals surface area (Å²) in [7, 11) is 0. The van der Waals surface area contributed by atoms with Crippen LogP contribution in [0.1, 0.15) is 188 Å². The fourth-order valence-electron chi connectivity index (χ4n) is 5.77. The molecule has 0 aliphatic carbocycles. The first-order valence-electron chi connectivity index (χ1n) is 19.2. The molecule has 48 heavy (non-hydrogen) atoms. The molecule has 1 amide bonds. The predicted molar refractivity (Wildman–Crippen MR) is 189 cm³/mol. The van der Waals surface area contributed by atoms with Crippen LogP contribution >= 0.6 is 0 Å². The Kier molecular flexibility index (Phi) is 29.9. The van der Waals surface area contributed by atoms with Gasteiger partial charge >= 0.3 is 23.9 Å². The van der Waals surface area contributed by atoms with Gasteiger partial charge < -0.3 is 24.6 Å². The summed E-state index contributed by atoms with van der Waals surface area (Å²) in [5.41, 5.74) is 0. The van der Waals surface area contributed by atoms with Crippen LogP contribution in [0.15, 0.2) is 0 Å². The number of carbonyl (C=O) groups is 5. The average Bonchev–Trinajstić information content (AvgIpc) is 3.05. The van der Waals surface area contributed by atoms with Crippen LogP contribution in [0, 0.1) is 0 Å². The Bertz CT molecular complexity index is 851. The number of esters is 2. The number of ether oxygens (including phenoxy) is 2. The summed E-state index contributed by atoms with van der Waals surface area (Å²) in [4.78, 5) is 62.2. The second-order valence-electron chi connectivity index (χ2n) is 13.2. The van der Waals surface area contributed by atoms with Gasteiger partial charge in [-0.15, -0.1) is 0 Å². The fourth-order valence-corrected chi connectivity index (χ4v) is 5.77. The minimum atomic E-state index is -1.10. The molecular weight excluding hydrogens is 614 g/mol. The molecule has 10 nitrogen and oxygen atoms in total. The first-order valence-corrected chi connectivity index (χ1v) is 19.2. The summed E-state index contributed by atoms with van der Waals surface area (Å²) < 4.78 is 11.4. The van der Waals surface area contributed by atoms with E-state index in [0.29, 0.717) is 25.7 Å². The first kappa shape index (κ1) is 45.3. The van der Waals surface area contributed by atoms with Gasteiger partial charge in [0.1, 0.15) is 12.2 Å². The Balaban J connectivity index is 5.11. The number of aliphatic carboxylic acids is 2. The highest BCUT2D eigenvalue weighted by Crippen LogP contribution is 2.22. The van der Waals surface area contributed by atoms with Crippen LogP contribution in [0.5, 0.6) is 0 Å². The molecule has 0 fully saturated rings. The molecule has 10 heteroatoms. The predicted octanol–water partition coefficient (Wildman–Crippen LogP) is 9.01. The molecule has 280 valence electrons. The minimum absolute atomic E-state index is 0.249. The maximum Gasteiger partial charge on any atom is 0.306 e. The molecule has 2 N–H and O–H groups in total.